The predicted octanol–water partition coefficient (Wildman–Crippen LogP) is -0.177. The second-order valence-corrected chi connectivity index (χ2v) is 4.32. The molecule has 2 N–H and O–H groups in total. The molecule has 6 heteroatoms. The Morgan fingerprint density at radius 3 is 2.61 bits per heavy atom. The molecule has 104 valence electrons. The van der Waals surface area contributed by atoms with Crippen molar-refractivity contribution in [3.05, 3.63) is 0 Å². The number of carbonyl (C=O) groups excluding carboxylic acids is 2. The fourth-order valence-electron chi connectivity index (χ4n) is 1.87. The Balaban J connectivity index is 2.24. The normalized spacial score (nSPS) is 18.1. The molecule has 18 heavy (non-hydrogen) atoms. The Morgan fingerprint density at radius 1 is 1.39 bits per heavy atom. The summed E-state index contributed by atoms with van der Waals surface area (Å²) < 4.78 is 9.85. The third kappa shape index (κ3) is 5.01. The van der Waals surface area contributed by atoms with E-state index in [9.17, 15) is 9.59 Å². The summed E-state index contributed by atoms with van der Waals surface area (Å²) in [4.78, 5) is 23.0. The molecule has 0 saturated carbocycles. The number of carbonyl (C=O) groups is 2. The highest BCUT2D eigenvalue weighted by atomic mass is 16.5. The van der Waals surface area contributed by atoms with Crippen LogP contribution in [0.5, 0.6) is 0 Å². The Labute approximate surface area is 107 Å². The van der Waals surface area contributed by atoms with Gasteiger partial charge in [-0.1, -0.05) is 6.92 Å². The Kier molecular flexibility index (Phi) is 6.67. The highest BCUT2D eigenvalue weighted by Gasteiger charge is 2.19. The number of methoxy groups -OCH3 is 1. The largest absolute Gasteiger partial charge is 0.468 e. The number of nitrogens with one attached hydrogen (secondary N) is 2. The van der Waals surface area contributed by atoms with Crippen molar-refractivity contribution < 1.29 is 19.1 Å². The second kappa shape index (κ2) is 8.05. The molecule has 0 aromatic heterocycles. The maximum atomic E-state index is 11.7. The zero-order valence-corrected chi connectivity index (χ0v) is 11.0. The van der Waals surface area contributed by atoms with E-state index in [0.717, 1.165) is 12.8 Å². The first-order valence-electron chi connectivity index (χ1n) is 6.35. The summed E-state index contributed by atoms with van der Waals surface area (Å²) in [6, 6.07) is -0.235. The Hall–Kier alpha value is -1.14. The van der Waals surface area contributed by atoms with Crippen LogP contribution in [0.25, 0.3) is 0 Å². The molecule has 1 fully saturated rings. The number of amides is 1. The van der Waals surface area contributed by atoms with Crippen molar-refractivity contribution in [3.63, 3.8) is 0 Å². The van der Waals surface area contributed by atoms with Crippen LogP contribution in [0.15, 0.2) is 0 Å². The summed E-state index contributed by atoms with van der Waals surface area (Å²) in [6.07, 6.45) is 2.29. The van der Waals surface area contributed by atoms with Crippen LogP contribution in [0, 0.1) is 0 Å². The summed E-state index contributed by atoms with van der Waals surface area (Å²) in [5.74, 6) is -0.430. The fraction of sp³-hybridized carbons (Fsp3) is 0.833. The van der Waals surface area contributed by atoms with Crippen LogP contribution in [0.2, 0.25) is 0 Å². The lowest BCUT2D eigenvalue weighted by molar-refractivity contribution is -0.143. The summed E-state index contributed by atoms with van der Waals surface area (Å²) in [6.45, 7) is 3.38. The van der Waals surface area contributed by atoms with Gasteiger partial charge >= 0.3 is 5.97 Å². The minimum atomic E-state index is -0.421. The van der Waals surface area contributed by atoms with Gasteiger partial charge in [0.05, 0.1) is 13.7 Å². The molecular formula is C12H22N2O4. The van der Waals surface area contributed by atoms with Crippen LogP contribution >= 0.6 is 0 Å². The molecule has 1 atom stereocenters. The highest BCUT2D eigenvalue weighted by molar-refractivity contribution is 5.80. The molecule has 6 nitrogen and oxygen atoms in total. The van der Waals surface area contributed by atoms with Crippen LogP contribution in [0.1, 0.15) is 26.2 Å². The van der Waals surface area contributed by atoms with E-state index in [1.807, 2.05) is 6.92 Å². The highest BCUT2D eigenvalue weighted by Crippen LogP contribution is 2.05. The van der Waals surface area contributed by atoms with E-state index >= 15 is 0 Å². The molecule has 0 aromatic carbocycles. The zero-order chi connectivity index (χ0) is 13.4. The van der Waals surface area contributed by atoms with Gasteiger partial charge in [0, 0.05) is 19.3 Å². The van der Waals surface area contributed by atoms with Crippen molar-refractivity contribution in [2.24, 2.45) is 0 Å². The zero-order valence-electron chi connectivity index (χ0n) is 11.0. The molecule has 0 radical (unpaired) electrons. The number of hydrogen-bond acceptors (Lipinski definition) is 5. The van der Waals surface area contributed by atoms with E-state index in [4.69, 9.17) is 4.74 Å². The lowest BCUT2D eigenvalue weighted by Gasteiger charge is -2.23. The Bertz CT molecular complexity index is 277. The molecule has 1 rings (SSSR count). The minimum absolute atomic E-state index is 0.0933. The smallest absolute Gasteiger partial charge is 0.322 e. The lowest BCUT2D eigenvalue weighted by Crippen LogP contribution is -2.46. The number of hydrogen-bond donors (Lipinski definition) is 2. The quantitative estimate of drug-likeness (QED) is 0.646. The Morgan fingerprint density at radius 2 is 2.06 bits per heavy atom. The van der Waals surface area contributed by atoms with Crippen LogP contribution < -0.4 is 10.6 Å². The third-order valence-corrected chi connectivity index (χ3v) is 2.99. The molecule has 0 spiro atoms. The average molecular weight is 258 g/mol. The first-order chi connectivity index (χ1) is 8.67. The predicted molar refractivity (Wildman–Crippen MR) is 66.1 cm³/mol. The maximum Gasteiger partial charge on any atom is 0.322 e. The van der Waals surface area contributed by atoms with E-state index < -0.39 is 6.04 Å². The van der Waals surface area contributed by atoms with E-state index in [0.29, 0.717) is 19.6 Å². The SMILES string of the molecule is CCC(NCC(=O)NC1CCOCC1)C(=O)OC. The van der Waals surface area contributed by atoms with Crippen molar-refractivity contribution in [1.29, 1.82) is 0 Å². The maximum absolute atomic E-state index is 11.7. The van der Waals surface area contributed by atoms with Crippen molar-refractivity contribution in [1.82, 2.24) is 10.6 Å². The van der Waals surface area contributed by atoms with Gasteiger partial charge in [-0.25, -0.2) is 0 Å². The summed E-state index contributed by atoms with van der Waals surface area (Å²) in [7, 11) is 1.34. The van der Waals surface area contributed by atoms with Crippen LogP contribution in [0.3, 0.4) is 0 Å². The monoisotopic (exact) mass is 258 g/mol. The molecule has 0 bridgehead atoms. The van der Waals surface area contributed by atoms with Crippen LogP contribution in [-0.2, 0) is 19.1 Å². The van der Waals surface area contributed by atoms with Gasteiger partial charge in [0.2, 0.25) is 5.91 Å². The van der Waals surface area contributed by atoms with Crippen LogP contribution in [0.4, 0.5) is 0 Å². The summed E-state index contributed by atoms with van der Waals surface area (Å²) in [5, 5.41) is 5.81. The molecule has 1 saturated heterocycles. The number of esters is 1. The molecular weight excluding hydrogens is 236 g/mol. The topological polar surface area (TPSA) is 76.7 Å². The average Bonchev–Trinajstić information content (AvgIpc) is 2.40. The molecule has 1 aliphatic rings. The minimum Gasteiger partial charge on any atom is -0.468 e. The van der Waals surface area contributed by atoms with Crippen molar-refractivity contribution in [2.75, 3.05) is 26.9 Å². The van der Waals surface area contributed by atoms with Crippen molar-refractivity contribution in [3.8, 4) is 0 Å². The number of rotatable bonds is 6. The van der Waals surface area contributed by atoms with Gasteiger partial charge in [0.1, 0.15) is 6.04 Å². The first-order valence-corrected chi connectivity index (χ1v) is 6.35. The molecule has 1 amide bonds. The lowest BCUT2D eigenvalue weighted by atomic mass is 10.1. The number of ether oxygens (including phenoxy) is 2. The van der Waals surface area contributed by atoms with Crippen molar-refractivity contribution in [2.45, 2.75) is 38.3 Å². The standard InChI is InChI=1S/C12H22N2O4/c1-3-10(12(16)17-2)13-8-11(15)14-9-4-6-18-7-5-9/h9-10,13H,3-8H2,1-2H3,(H,14,15). The van der Waals surface area contributed by atoms with Gasteiger partial charge in [-0.3, -0.25) is 14.9 Å². The van der Waals surface area contributed by atoms with Crippen molar-refractivity contribution >= 4 is 11.9 Å². The molecule has 1 aliphatic heterocycles. The van der Waals surface area contributed by atoms with Crippen LogP contribution in [-0.4, -0.2) is 50.8 Å². The van der Waals surface area contributed by atoms with E-state index in [1.165, 1.54) is 7.11 Å². The molecule has 0 aromatic rings. The second-order valence-electron chi connectivity index (χ2n) is 4.32. The summed E-state index contributed by atoms with van der Waals surface area (Å²) in [5.41, 5.74) is 0. The summed E-state index contributed by atoms with van der Waals surface area (Å²) >= 11 is 0. The van der Waals surface area contributed by atoms with Gasteiger partial charge in [-0.15, -0.1) is 0 Å². The van der Waals surface area contributed by atoms with Gasteiger partial charge in [-0.2, -0.15) is 0 Å². The van der Waals surface area contributed by atoms with E-state index in [2.05, 4.69) is 15.4 Å². The van der Waals surface area contributed by atoms with Gasteiger partial charge in [-0.05, 0) is 19.3 Å². The van der Waals surface area contributed by atoms with Gasteiger partial charge in [0.25, 0.3) is 0 Å². The fourth-order valence-corrected chi connectivity index (χ4v) is 1.87. The molecule has 1 unspecified atom stereocenters. The van der Waals surface area contributed by atoms with E-state index in [1.54, 1.807) is 0 Å². The van der Waals surface area contributed by atoms with Gasteiger partial charge < -0.3 is 14.8 Å². The third-order valence-electron chi connectivity index (χ3n) is 2.99. The van der Waals surface area contributed by atoms with Gasteiger partial charge in [0.15, 0.2) is 0 Å². The first kappa shape index (κ1) is 14.9. The molecule has 1 heterocycles. The molecule has 0 aliphatic carbocycles. The van der Waals surface area contributed by atoms with E-state index in [-0.39, 0.29) is 24.5 Å².